The summed E-state index contributed by atoms with van der Waals surface area (Å²) in [5, 5.41) is 8.42. The molecule has 0 N–H and O–H groups in total. The number of nitrogens with zero attached hydrogens (tertiary/aromatic N) is 3. The zero-order valence-electron chi connectivity index (χ0n) is 10.7. The van der Waals surface area contributed by atoms with Gasteiger partial charge >= 0.3 is 0 Å². The second-order valence-corrected chi connectivity index (χ2v) is 5.39. The smallest absolute Gasteiger partial charge is 0.162 e. The van der Waals surface area contributed by atoms with Gasteiger partial charge in [-0.15, -0.1) is 21.8 Å². The maximum atomic E-state index is 5.90. The number of hydrogen-bond acceptors (Lipinski definition) is 3. The Morgan fingerprint density at radius 1 is 1.41 bits per heavy atom. The summed E-state index contributed by atoms with van der Waals surface area (Å²) in [6, 6.07) is 0. The molecule has 0 radical (unpaired) electrons. The summed E-state index contributed by atoms with van der Waals surface area (Å²) >= 11 is 5.90. The van der Waals surface area contributed by atoms with E-state index in [9.17, 15) is 0 Å². The molecule has 2 atom stereocenters. The van der Waals surface area contributed by atoms with Gasteiger partial charge in [-0.3, -0.25) is 0 Å². The van der Waals surface area contributed by atoms with Gasteiger partial charge in [-0.1, -0.05) is 13.8 Å². The van der Waals surface area contributed by atoms with Crippen LogP contribution in [0.1, 0.15) is 51.4 Å². The molecular formula is C12H20ClN3O. The van der Waals surface area contributed by atoms with Crippen LogP contribution in [0.15, 0.2) is 0 Å². The summed E-state index contributed by atoms with van der Waals surface area (Å²) in [5.74, 6) is 2.74. The molecule has 0 aliphatic carbocycles. The van der Waals surface area contributed by atoms with Crippen LogP contribution < -0.4 is 0 Å². The standard InChI is InChI=1S/C12H20ClN3O/c1-8(2)7-16-11(6-13)14-15-12(16)10-5-4-9(3)17-10/h8-10H,4-7H2,1-3H3. The average molecular weight is 258 g/mol. The predicted octanol–water partition coefficient (Wildman–Crippen LogP) is 2.91. The second-order valence-electron chi connectivity index (χ2n) is 5.13. The van der Waals surface area contributed by atoms with Gasteiger partial charge in [0.05, 0.1) is 12.0 Å². The molecule has 0 bridgehead atoms. The number of halogens is 1. The normalized spacial score (nSPS) is 24.8. The van der Waals surface area contributed by atoms with Crippen LogP contribution in [-0.4, -0.2) is 20.9 Å². The van der Waals surface area contributed by atoms with Crippen LogP contribution in [0.2, 0.25) is 0 Å². The first-order chi connectivity index (χ1) is 8.11. The lowest BCUT2D eigenvalue weighted by molar-refractivity contribution is 0.0475. The molecule has 1 aliphatic rings. The van der Waals surface area contributed by atoms with E-state index in [-0.39, 0.29) is 6.10 Å². The summed E-state index contributed by atoms with van der Waals surface area (Å²) < 4.78 is 7.99. The summed E-state index contributed by atoms with van der Waals surface area (Å²) in [6.45, 7) is 7.37. The van der Waals surface area contributed by atoms with Crippen molar-refractivity contribution in [1.29, 1.82) is 0 Å². The van der Waals surface area contributed by atoms with E-state index in [0.29, 0.717) is 17.9 Å². The molecule has 2 rings (SSSR count). The molecule has 96 valence electrons. The van der Waals surface area contributed by atoms with Gasteiger partial charge in [-0.05, 0) is 25.7 Å². The van der Waals surface area contributed by atoms with Gasteiger partial charge < -0.3 is 9.30 Å². The van der Waals surface area contributed by atoms with Gasteiger partial charge in [0.2, 0.25) is 0 Å². The van der Waals surface area contributed by atoms with Crippen LogP contribution in [0.4, 0.5) is 0 Å². The Bertz CT molecular complexity index is 378. The molecule has 2 unspecified atom stereocenters. The molecule has 0 aromatic carbocycles. The van der Waals surface area contributed by atoms with E-state index in [2.05, 4.69) is 35.5 Å². The number of hydrogen-bond donors (Lipinski definition) is 0. The second kappa shape index (κ2) is 5.36. The molecule has 1 fully saturated rings. The maximum Gasteiger partial charge on any atom is 0.162 e. The van der Waals surface area contributed by atoms with E-state index in [1.165, 1.54) is 0 Å². The predicted molar refractivity (Wildman–Crippen MR) is 66.9 cm³/mol. The van der Waals surface area contributed by atoms with E-state index in [1.54, 1.807) is 0 Å². The van der Waals surface area contributed by atoms with Gasteiger partial charge in [-0.25, -0.2) is 0 Å². The van der Waals surface area contributed by atoms with Gasteiger partial charge in [-0.2, -0.15) is 0 Å². The fraction of sp³-hybridized carbons (Fsp3) is 0.833. The van der Waals surface area contributed by atoms with Crippen molar-refractivity contribution in [2.24, 2.45) is 5.92 Å². The minimum Gasteiger partial charge on any atom is -0.367 e. The lowest BCUT2D eigenvalue weighted by Gasteiger charge is -2.15. The van der Waals surface area contributed by atoms with Crippen LogP contribution in [0.5, 0.6) is 0 Å². The minimum absolute atomic E-state index is 0.0909. The van der Waals surface area contributed by atoms with E-state index in [4.69, 9.17) is 16.3 Å². The van der Waals surface area contributed by atoms with Crippen molar-refractivity contribution in [2.45, 2.75) is 58.2 Å². The van der Waals surface area contributed by atoms with Gasteiger partial charge in [0.15, 0.2) is 5.82 Å². The van der Waals surface area contributed by atoms with Crippen LogP contribution in [0, 0.1) is 5.92 Å². The highest BCUT2D eigenvalue weighted by Gasteiger charge is 2.28. The largest absolute Gasteiger partial charge is 0.367 e. The summed E-state index contributed by atoms with van der Waals surface area (Å²) in [5.41, 5.74) is 0. The molecule has 4 nitrogen and oxygen atoms in total. The number of aromatic nitrogens is 3. The van der Waals surface area contributed by atoms with Crippen molar-refractivity contribution in [2.75, 3.05) is 0 Å². The van der Waals surface area contributed by atoms with E-state index < -0.39 is 0 Å². The third kappa shape index (κ3) is 2.80. The monoisotopic (exact) mass is 257 g/mol. The lowest BCUT2D eigenvalue weighted by Crippen LogP contribution is -2.14. The first-order valence-electron chi connectivity index (χ1n) is 6.25. The zero-order chi connectivity index (χ0) is 12.4. The Kier molecular flexibility index (Phi) is 4.05. The molecule has 1 aromatic rings. The fourth-order valence-electron chi connectivity index (χ4n) is 2.24. The molecule has 0 saturated carbocycles. The molecular weight excluding hydrogens is 238 g/mol. The van der Waals surface area contributed by atoms with Crippen LogP contribution in [0.3, 0.4) is 0 Å². The highest BCUT2D eigenvalue weighted by atomic mass is 35.5. The SMILES string of the molecule is CC(C)Cn1c(CCl)nnc1C1CCC(C)O1. The van der Waals surface area contributed by atoms with Crippen LogP contribution in [-0.2, 0) is 17.2 Å². The third-order valence-corrected chi connectivity index (χ3v) is 3.28. The van der Waals surface area contributed by atoms with Crippen molar-refractivity contribution >= 4 is 11.6 Å². The zero-order valence-corrected chi connectivity index (χ0v) is 11.4. The van der Waals surface area contributed by atoms with Crippen molar-refractivity contribution in [1.82, 2.24) is 14.8 Å². The van der Waals surface area contributed by atoms with Crippen molar-refractivity contribution in [3.63, 3.8) is 0 Å². The Hall–Kier alpha value is -0.610. The summed E-state index contributed by atoms with van der Waals surface area (Å²) in [7, 11) is 0. The van der Waals surface area contributed by atoms with Gasteiger partial charge in [0.1, 0.15) is 11.9 Å². The van der Waals surface area contributed by atoms with Crippen molar-refractivity contribution < 1.29 is 4.74 Å². The molecule has 17 heavy (non-hydrogen) atoms. The molecule has 1 aliphatic heterocycles. The lowest BCUT2D eigenvalue weighted by atomic mass is 10.2. The Morgan fingerprint density at radius 2 is 2.18 bits per heavy atom. The number of alkyl halides is 1. The van der Waals surface area contributed by atoms with E-state index >= 15 is 0 Å². The first kappa shape index (κ1) is 12.8. The number of rotatable bonds is 4. The van der Waals surface area contributed by atoms with Gasteiger partial charge in [0.25, 0.3) is 0 Å². The summed E-state index contributed by atoms with van der Waals surface area (Å²) in [4.78, 5) is 0. The Labute approximate surface area is 107 Å². The Morgan fingerprint density at radius 3 is 2.71 bits per heavy atom. The molecule has 1 aromatic heterocycles. The quantitative estimate of drug-likeness (QED) is 0.779. The third-order valence-electron chi connectivity index (χ3n) is 3.04. The summed E-state index contributed by atoms with van der Waals surface area (Å²) in [6.07, 6.45) is 2.53. The highest BCUT2D eigenvalue weighted by molar-refractivity contribution is 6.16. The van der Waals surface area contributed by atoms with E-state index in [1.807, 2.05) is 0 Å². The highest BCUT2D eigenvalue weighted by Crippen LogP contribution is 2.32. The Balaban J connectivity index is 2.23. The molecule has 1 saturated heterocycles. The maximum absolute atomic E-state index is 5.90. The minimum atomic E-state index is 0.0909. The first-order valence-corrected chi connectivity index (χ1v) is 6.78. The van der Waals surface area contributed by atoms with E-state index in [0.717, 1.165) is 31.0 Å². The molecule has 5 heteroatoms. The van der Waals surface area contributed by atoms with Crippen LogP contribution in [0.25, 0.3) is 0 Å². The average Bonchev–Trinajstić information content (AvgIpc) is 2.84. The molecule has 0 amide bonds. The fourth-order valence-corrected chi connectivity index (χ4v) is 2.44. The molecule has 0 spiro atoms. The van der Waals surface area contributed by atoms with Crippen LogP contribution >= 0.6 is 11.6 Å². The van der Waals surface area contributed by atoms with Gasteiger partial charge in [0, 0.05) is 6.54 Å². The van der Waals surface area contributed by atoms with Crippen molar-refractivity contribution in [3.8, 4) is 0 Å². The van der Waals surface area contributed by atoms with Crippen molar-refractivity contribution in [3.05, 3.63) is 11.6 Å². The topological polar surface area (TPSA) is 39.9 Å². The number of ether oxygens (including phenoxy) is 1. The molecule has 2 heterocycles.